The Kier molecular flexibility index (Phi) is 3.48. The molecule has 0 saturated carbocycles. The maximum Gasteiger partial charge on any atom is 0.0580 e. The second kappa shape index (κ2) is 4.34. The average Bonchev–Trinajstić information content (AvgIpc) is 2.26. The molecule has 0 saturated heterocycles. The van der Waals surface area contributed by atoms with Gasteiger partial charge in [-0.2, -0.15) is 0 Å². The molecule has 0 spiro atoms. The van der Waals surface area contributed by atoms with Crippen LogP contribution in [0.5, 0.6) is 0 Å². The number of aryl methyl sites for hydroxylation is 1. The van der Waals surface area contributed by atoms with Crippen LogP contribution in [0.2, 0.25) is 0 Å². The van der Waals surface area contributed by atoms with Crippen molar-refractivity contribution in [1.29, 1.82) is 0 Å². The summed E-state index contributed by atoms with van der Waals surface area (Å²) in [5, 5.41) is 0. The van der Waals surface area contributed by atoms with Crippen molar-refractivity contribution in [3.8, 4) is 12.3 Å². The molecule has 0 aliphatic carbocycles. The summed E-state index contributed by atoms with van der Waals surface area (Å²) in [6.45, 7) is 10.9. The second-order valence-corrected chi connectivity index (χ2v) is 5.57. The SMILES string of the molecule is C#CC(C)(c1ccc(CC)cc1)C(C)(C)C. The lowest BCUT2D eigenvalue weighted by molar-refractivity contribution is 0.270. The molecule has 0 aliphatic heterocycles. The summed E-state index contributed by atoms with van der Waals surface area (Å²) in [6.07, 6.45) is 6.82. The lowest BCUT2D eigenvalue weighted by Crippen LogP contribution is -2.35. The molecule has 0 heteroatoms. The molecule has 0 N–H and O–H groups in total. The van der Waals surface area contributed by atoms with E-state index >= 15 is 0 Å². The zero-order valence-electron chi connectivity index (χ0n) is 11.1. The third kappa shape index (κ3) is 2.14. The van der Waals surface area contributed by atoms with Crippen molar-refractivity contribution in [2.75, 3.05) is 0 Å². The summed E-state index contributed by atoms with van der Waals surface area (Å²) >= 11 is 0. The van der Waals surface area contributed by atoms with E-state index in [4.69, 9.17) is 6.42 Å². The first-order chi connectivity index (χ1) is 7.35. The van der Waals surface area contributed by atoms with Crippen LogP contribution in [0.25, 0.3) is 0 Å². The zero-order chi connectivity index (χ0) is 12.4. The van der Waals surface area contributed by atoms with Gasteiger partial charge >= 0.3 is 0 Å². The summed E-state index contributed by atoms with van der Waals surface area (Å²) < 4.78 is 0. The highest BCUT2D eigenvalue weighted by Crippen LogP contribution is 2.40. The normalized spacial score (nSPS) is 15.2. The minimum Gasteiger partial charge on any atom is -0.119 e. The molecule has 86 valence electrons. The van der Waals surface area contributed by atoms with Crippen molar-refractivity contribution < 1.29 is 0 Å². The van der Waals surface area contributed by atoms with Crippen LogP contribution in [0.4, 0.5) is 0 Å². The molecule has 16 heavy (non-hydrogen) atoms. The fourth-order valence-electron chi connectivity index (χ4n) is 1.81. The number of hydrogen-bond donors (Lipinski definition) is 0. The van der Waals surface area contributed by atoms with Gasteiger partial charge in [-0.3, -0.25) is 0 Å². The van der Waals surface area contributed by atoms with E-state index in [0.717, 1.165) is 6.42 Å². The van der Waals surface area contributed by atoms with E-state index in [1.54, 1.807) is 0 Å². The first-order valence-electron chi connectivity index (χ1n) is 5.92. The monoisotopic (exact) mass is 214 g/mol. The van der Waals surface area contributed by atoms with Gasteiger partial charge < -0.3 is 0 Å². The van der Waals surface area contributed by atoms with Gasteiger partial charge in [-0.05, 0) is 29.9 Å². The third-order valence-electron chi connectivity index (χ3n) is 3.73. The van der Waals surface area contributed by atoms with E-state index in [1.165, 1.54) is 11.1 Å². The molecular weight excluding hydrogens is 192 g/mol. The van der Waals surface area contributed by atoms with Crippen LogP contribution in [0.3, 0.4) is 0 Å². The number of rotatable bonds is 2. The molecule has 0 heterocycles. The maximum atomic E-state index is 5.75. The van der Waals surface area contributed by atoms with Crippen LogP contribution in [0.1, 0.15) is 45.7 Å². The zero-order valence-corrected chi connectivity index (χ0v) is 11.1. The van der Waals surface area contributed by atoms with Gasteiger partial charge in [0.05, 0.1) is 5.41 Å². The van der Waals surface area contributed by atoms with E-state index in [2.05, 4.69) is 64.8 Å². The highest BCUT2D eigenvalue weighted by molar-refractivity contribution is 5.37. The molecule has 1 aromatic carbocycles. The number of terminal acetylenes is 1. The highest BCUT2D eigenvalue weighted by atomic mass is 14.4. The van der Waals surface area contributed by atoms with Gasteiger partial charge in [0.2, 0.25) is 0 Å². The van der Waals surface area contributed by atoms with Crippen LogP contribution in [0.15, 0.2) is 24.3 Å². The Labute approximate surface area is 100 Å². The molecule has 0 nitrogen and oxygen atoms in total. The highest BCUT2D eigenvalue weighted by Gasteiger charge is 2.37. The van der Waals surface area contributed by atoms with Crippen molar-refractivity contribution in [3.63, 3.8) is 0 Å². The van der Waals surface area contributed by atoms with Gasteiger partial charge in [0.15, 0.2) is 0 Å². The predicted octanol–water partition coefficient (Wildman–Crippen LogP) is 4.19. The van der Waals surface area contributed by atoms with E-state index in [9.17, 15) is 0 Å². The fraction of sp³-hybridized carbons (Fsp3) is 0.500. The Hall–Kier alpha value is -1.22. The lowest BCUT2D eigenvalue weighted by Gasteiger charge is -2.38. The van der Waals surface area contributed by atoms with E-state index < -0.39 is 0 Å². The predicted molar refractivity (Wildman–Crippen MR) is 71.5 cm³/mol. The fourth-order valence-corrected chi connectivity index (χ4v) is 1.81. The third-order valence-corrected chi connectivity index (χ3v) is 3.73. The number of hydrogen-bond acceptors (Lipinski definition) is 0. The molecule has 0 radical (unpaired) electrons. The van der Waals surface area contributed by atoms with Gasteiger partial charge in [0.25, 0.3) is 0 Å². The molecule has 1 unspecified atom stereocenters. The molecule has 1 rings (SSSR count). The van der Waals surface area contributed by atoms with Crippen molar-refractivity contribution in [3.05, 3.63) is 35.4 Å². The van der Waals surface area contributed by atoms with E-state index in [0.29, 0.717) is 0 Å². The van der Waals surface area contributed by atoms with Gasteiger partial charge in [-0.1, -0.05) is 57.9 Å². The smallest absolute Gasteiger partial charge is 0.0580 e. The van der Waals surface area contributed by atoms with Crippen LogP contribution in [0, 0.1) is 17.8 Å². The van der Waals surface area contributed by atoms with Crippen molar-refractivity contribution >= 4 is 0 Å². The molecule has 0 aromatic heterocycles. The van der Waals surface area contributed by atoms with Crippen LogP contribution >= 0.6 is 0 Å². The molecule has 0 amide bonds. The van der Waals surface area contributed by atoms with Crippen molar-refractivity contribution in [2.24, 2.45) is 5.41 Å². The van der Waals surface area contributed by atoms with Crippen LogP contribution in [-0.2, 0) is 11.8 Å². The Bertz CT molecular complexity index is 384. The van der Waals surface area contributed by atoms with Crippen LogP contribution < -0.4 is 0 Å². The minimum absolute atomic E-state index is 0.0650. The Morgan fingerprint density at radius 2 is 1.56 bits per heavy atom. The quantitative estimate of drug-likeness (QED) is 0.648. The largest absolute Gasteiger partial charge is 0.119 e. The van der Waals surface area contributed by atoms with Gasteiger partial charge in [-0.25, -0.2) is 0 Å². The second-order valence-electron chi connectivity index (χ2n) is 5.57. The summed E-state index contributed by atoms with van der Waals surface area (Å²) in [7, 11) is 0. The average molecular weight is 214 g/mol. The molecule has 1 aromatic rings. The molecule has 0 fully saturated rings. The lowest BCUT2D eigenvalue weighted by atomic mass is 9.64. The first kappa shape index (κ1) is 12.8. The Balaban J connectivity index is 3.20. The Morgan fingerprint density at radius 3 is 1.88 bits per heavy atom. The van der Waals surface area contributed by atoms with Crippen molar-refractivity contribution in [2.45, 2.75) is 46.5 Å². The summed E-state index contributed by atoms with van der Waals surface area (Å²) in [5.41, 5.74) is 2.45. The van der Waals surface area contributed by atoms with Gasteiger partial charge in [0, 0.05) is 0 Å². The minimum atomic E-state index is -0.209. The van der Waals surface area contributed by atoms with E-state index in [1.807, 2.05) is 0 Å². The summed E-state index contributed by atoms with van der Waals surface area (Å²) in [5.74, 6) is 2.97. The maximum absolute atomic E-state index is 5.75. The first-order valence-corrected chi connectivity index (χ1v) is 5.92. The standard InChI is InChI=1S/C16H22/c1-7-13-9-11-14(12-10-13)16(6,8-2)15(3,4)5/h2,9-12H,7H2,1,3-6H3. The van der Waals surface area contributed by atoms with Crippen LogP contribution in [-0.4, -0.2) is 0 Å². The van der Waals surface area contributed by atoms with Gasteiger partial charge in [-0.15, -0.1) is 6.42 Å². The van der Waals surface area contributed by atoms with Crippen molar-refractivity contribution in [1.82, 2.24) is 0 Å². The molecule has 1 atom stereocenters. The Morgan fingerprint density at radius 1 is 1.06 bits per heavy atom. The van der Waals surface area contributed by atoms with E-state index in [-0.39, 0.29) is 10.8 Å². The number of benzene rings is 1. The molecular formula is C16H22. The van der Waals surface area contributed by atoms with Gasteiger partial charge in [0.1, 0.15) is 0 Å². The summed E-state index contributed by atoms with van der Waals surface area (Å²) in [6, 6.07) is 8.70. The molecule has 0 aliphatic rings. The topological polar surface area (TPSA) is 0 Å². The summed E-state index contributed by atoms with van der Waals surface area (Å²) in [4.78, 5) is 0. The molecule has 0 bridgehead atoms.